The molecule has 0 aromatic heterocycles. The maximum absolute atomic E-state index is 8.74. The summed E-state index contributed by atoms with van der Waals surface area (Å²) < 4.78 is 63.2. The molecule has 0 fully saturated rings. The fourth-order valence-electron chi connectivity index (χ4n) is 0. The lowest BCUT2D eigenvalue weighted by molar-refractivity contribution is -0.742. The van der Waals surface area contributed by atoms with E-state index in [4.69, 9.17) is 50.4 Å². The van der Waals surface area contributed by atoms with Crippen molar-refractivity contribution in [2.75, 3.05) is 0 Å². The first-order valence-electron chi connectivity index (χ1n) is 1.96. The molecule has 5 N–H and O–H groups in total. The molecule has 0 heterocycles. The average molecular weight is 379 g/mol. The molecule has 0 unspecified atom stereocenters. The minimum absolute atomic E-state index is 0. The molecular weight excluding hydrogens is 362 g/mol. The highest BCUT2D eigenvalue weighted by molar-refractivity contribution is 7.80. The van der Waals surface area contributed by atoms with Gasteiger partial charge >= 0.3 is 20.8 Å². The molecule has 0 bridgehead atoms. The second-order valence-electron chi connectivity index (χ2n) is 1.13. The molecule has 0 amide bonds. The van der Waals surface area contributed by atoms with Gasteiger partial charge in [0.05, 0.1) is 0 Å². The molecule has 0 saturated carbocycles. The molecule has 112 valence electrons. The molecule has 0 atom stereocenters. The second kappa shape index (κ2) is 20.4. The van der Waals surface area contributed by atoms with Crippen LogP contribution in [0.5, 0.6) is 0 Å². The van der Waals surface area contributed by atoms with Crippen LogP contribution in [-0.4, -0.2) is 115 Å². The average Bonchev–Trinajstić information content (AvgIpc) is 1.45. The zero-order valence-corrected chi connectivity index (χ0v) is 7.58. The van der Waals surface area contributed by atoms with Crippen molar-refractivity contribution in [1.29, 1.82) is 0 Å². The topological polar surface area (TPSA) is 213 Å². The lowest BCUT2D eigenvalue weighted by Gasteiger charge is -1.68. The van der Waals surface area contributed by atoms with Gasteiger partial charge in [0.2, 0.25) is 0 Å². The summed E-state index contributed by atoms with van der Waals surface area (Å²) in [5, 5.41) is 13.6. The minimum atomic E-state index is -4.67. The second-order valence-corrected chi connectivity index (χ2v) is 2.92. The minimum Gasteiger partial charge on any atom is -0.328 e. The monoisotopic (exact) mass is 379 g/mol. The Morgan fingerprint density at radius 2 is 0.722 bits per heavy atom. The summed E-state index contributed by atoms with van der Waals surface area (Å²) in [4.78, 5) is 8.36. The van der Waals surface area contributed by atoms with Crippen molar-refractivity contribution >= 4 is 90.2 Å². The Balaban J connectivity index is -0.0000000183. The van der Waals surface area contributed by atoms with Gasteiger partial charge in [-0.3, -0.25) is 18.2 Å². The molecule has 18 heavy (non-hydrogen) atoms. The Labute approximate surface area is 145 Å². The van der Waals surface area contributed by atoms with Crippen molar-refractivity contribution < 1.29 is 45.3 Å². The van der Waals surface area contributed by atoms with Gasteiger partial charge in [0.15, 0.2) is 69.4 Å². The van der Waals surface area contributed by atoms with Crippen molar-refractivity contribution in [2.45, 2.75) is 0 Å². The van der Waals surface area contributed by atoms with Crippen molar-refractivity contribution in [3.63, 3.8) is 0 Å². The molecule has 0 radical (unpaired) electrons. The molecule has 12 nitrogen and oxygen atoms in total. The Morgan fingerprint density at radius 1 is 0.722 bits per heavy atom. The first-order valence-corrected chi connectivity index (χ1v) is 4.76. The van der Waals surface area contributed by atoms with E-state index in [1.165, 1.54) is 0 Å². The van der Waals surface area contributed by atoms with Gasteiger partial charge in [-0.25, -0.2) is 0 Å². The van der Waals surface area contributed by atoms with Crippen LogP contribution >= 0.6 is 0 Å². The third kappa shape index (κ3) is 3850. The normalized spacial score (nSPS) is 7.78. The molecule has 0 spiro atoms. The van der Waals surface area contributed by atoms with E-state index >= 15 is 0 Å². The summed E-state index contributed by atoms with van der Waals surface area (Å²) >= 11 is 0. The fraction of sp³-hybridized carbons (Fsp3) is 0. The van der Waals surface area contributed by atoms with Gasteiger partial charge in [-0.2, -0.15) is 16.8 Å². The van der Waals surface area contributed by atoms with Crippen LogP contribution in [-0.2, 0) is 20.8 Å². The van der Waals surface area contributed by atoms with Crippen LogP contribution in [0.2, 0.25) is 0 Å². The van der Waals surface area contributed by atoms with Crippen LogP contribution in [0.25, 0.3) is 0 Å². The predicted molar refractivity (Wildman–Crippen MR) is 76.9 cm³/mol. The first kappa shape index (κ1) is 42.7. The molecule has 0 aromatic rings. The van der Waals surface area contributed by atoms with Crippen LogP contribution in [0.15, 0.2) is 0 Å². The van der Waals surface area contributed by atoms with E-state index in [2.05, 4.69) is 0 Å². The largest absolute Gasteiger partial charge is 0.394 e. The predicted octanol–water partition coefficient (Wildman–Crippen LogP) is -6.39. The smallest absolute Gasteiger partial charge is 0.328 e. The zero-order valence-electron chi connectivity index (χ0n) is 5.95. The van der Waals surface area contributed by atoms with E-state index in [9.17, 15) is 0 Å². The van der Waals surface area contributed by atoms with Crippen molar-refractivity contribution in [3.05, 3.63) is 10.1 Å². The first-order chi connectivity index (χ1) is 5.73. The molecule has 18 heteroatoms. The van der Waals surface area contributed by atoms with Gasteiger partial charge in [0, 0.05) is 0 Å². The number of hydrogen-bond acceptors (Lipinski definition) is 6. The Morgan fingerprint density at radius 3 is 0.722 bits per heavy atom. The summed E-state index contributed by atoms with van der Waals surface area (Å²) in [5.74, 6) is 0. The van der Waals surface area contributed by atoms with Crippen molar-refractivity contribution in [3.8, 4) is 0 Å². The summed E-state index contributed by atoms with van der Waals surface area (Å²) in [6, 6.07) is 0. The number of rotatable bonds is 0. The Kier molecular flexibility index (Phi) is 48.4. The van der Waals surface area contributed by atoms with Crippen LogP contribution in [0.1, 0.15) is 0 Å². The van der Waals surface area contributed by atoms with Gasteiger partial charge in [0.25, 0.3) is 5.09 Å². The van der Waals surface area contributed by atoms with E-state index in [-0.39, 0.29) is 69.4 Å². The van der Waals surface area contributed by atoms with E-state index in [0.717, 1.165) is 0 Å². The van der Waals surface area contributed by atoms with E-state index in [1.807, 2.05) is 0 Å². The van der Waals surface area contributed by atoms with Crippen LogP contribution in [0.3, 0.4) is 0 Å². The van der Waals surface area contributed by atoms with Gasteiger partial charge in [-0.1, -0.05) is 0 Å². The van der Waals surface area contributed by atoms with Crippen LogP contribution < -0.4 is 0 Å². The Bertz CT molecular complexity index is 293. The highest BCUT2D eigenvalue weighted by Gasteiger charge is 1.85. The van der Waals surface area contributed by atoms with Gasteiger partial charge in [-0.05, 0) is 0 Å². The SMILES string of the molecule is O=S(=O)(O)O.O=S(=O)(O)O.O=[N+]([O-])O.[AlH3].[AlH3].[AlH3].[AlH3]. The molecule has 0 saturated heterocycles. The van der Waals surface area contributed by atoms with Gasteiger partial charge < -0.3 is 5.21 Å². The summed E-state index contributed by atoms with van der Waals surface area (Å²) in [5.41, 5.74) is 0. The summed E-state index contributed by atoms with van der Waals surface area (Å²) in [7, 11) is -9.33. The van der Waals surface area contributed by atoms with Gasteiger partial charge in [-0.15, -0.1) is 10.1 Å². The molecule has 0 aliphatic heterocycles. The molecule has 0 aromatic carbocycles. The lowest BCUT2D eigenvalue weighted by atomic mass is 13.1. The lowest BCUT2D eigenvalue weighted by Crippen LogP contribution is -1.89. The quantitative estimate of drug-likeness (QED) is 0.115. The molecule has 0 rings (SSSR count). The highest BCUT2D eigenvalue weighted by Crippen LogP contribution is 1.59. The third-order valence-corrected chi connectivity index (χ3v) is 0. The maximum atomic E-state index is 8.74. The maximum Gasteiger partial charge on any atom is 0.394 e. The highest BCUT2D eigenvalue weighted by atomic mass is 32.3. The molecule has 0 aliphatic carbocycles. The standard InChI is InChI=1S/4Al.HNO3.2H2O4S.12H/c;;;;2-1(3)4;2*1-5(2,3)4;;;;;;;;;;;;/h;;;;(H,2,3,4);2*(H2,1,2,3,4);;;;;;;;;;;;. The molecular formula is H17Al4NO11S2. The van der Waals surface area contributed by atoms with Crippen LogP contribution in [0, 0.1) is 10.1 Å². The molecule has 0 aliphatic rings. The van der Waals surface area contributed by atoms with Crippen molar-refractivity contribution in [1.82, 2.24) is 0 Å². The van der Waals surface area contributed by atoms with Gasteiger partial charge in [0.1, 0.15) is 0 Å². The van der Waals surface area contributed by atoms with Crippen LogP contribution in [0.4, 0.5) is 0 Å². The van der Waals surface area contributed by atoms with E-state index in [1.54, 1.807) is 0 Å². The number of hydrogen-bond donors (Lipinski definition) is 5. The summed E-state index contributed by atoms with van der Waals surface area (Å²) in [6.07, 6.45) is 0. The summed E-state index contributed by atoms with van der Waals surface area (Å²) in [6.45, 7) is 0. The fourth-order valence-corrected chi connectivity index (χ4v) is 0. The third-order valence-electron chi connectivity index (χ3n) is 0. The van der Waals surface area contributed by atoms with E-state index in [0.29, 0.717) is 0 Å². The van der Waals surface area contributed by atoms with E-state index < -0.39 is 25.9 Å². The van der Waals surface area contributed by atoms with Crippen molar-refractivity contribution in [2.24, 2.45) is 0 Å². The number of nitrogens with zero attached hydrogens (tertiary/aromatic N) is 1. The Hall–Kier alpha value is 1.07. The zero-order chi connectivity index (χ0) is 12.6.